The highest BCUT2D eigenvalue weighted by Crippen LogP contribution is 2.29. The summed E-state index contributed by atoms with van der Waals surface area (Å²) in [6.45, 7) is 2.00. The fourth-order valence-corrected chi connectivity index (χ4v) is 7.20. The molecule has 168 valence electrons. The number of carbonyl (C=O) groups is 1. The standard InChI is InChI=1S/C23H25N3O4S2/c1-24-20-7-6-19(14-21(20)31-23(24)28)32(29,30)26-12-9-17(10-13-26)22(27)25-11-8-16-4-2-3-5-18(16)15-25/h2-7,14,17H,8-13,15H2,1H3. The molecule has 0 N–H and O–H groups in total. The van der Waals surface area contributed by atoms with E-state index in [4.69, 9.17) is 0 Å². The number of hydrogen-bond acceptors (Lipinski definition) is 5. The Balaban J connectivity index is 1.27. The molecule has 0 spiro atoms. The van der Waals surface area contributed by atoms with Crippen LogP contribution < -0.4 is 4.87 Å². The Morgan fingerprint density at radius 3 is 2.50 bits per heavy atom. The van der Waals surface area contributed by atoms with Gasteiger partial charge in [0.1, 0.15) is 0 Å². The molecule has 1 fully saturated rings. The molecule has 2 aliphatic rings. The first-order valence-corrected chi connectivity index (χ1v) is 13.1. The summed E-state index contributed by atoms with van der Waals surface area (Å²) in [5.41, 5.74) is 3.23. The van der Waals surface area contributed by atoms with Gasteiger partial charge in [-0.1, -0.05) is 35.6 Å². The number of benzene rings is 2. The van der Waals surface area contributed by atoms with Crippen molar-refractivity contribution in [3.05, 3.63) is 63.3 Å². The van der Waals surface area contributed by atoms with Crippen molar-refractivity contribution >= 4 is 37.5 Å². The van der Waals surface area contributed by atoms with Crippen molar-refractivity contribution in [2.75, 3.05) is 19.6 Å². The van der Waals surface area contributed by atoms with E-state index >= 15 is 0 Å². The normalized spacial score (nSPS) is 18.1. The van der Waals surface area contributed by atoms with Gasteiger partial charge in [0.15, 0.2) is 0 Å². The molecular weight excluding hydrogens is 446 g/mol. The highest BCUT2D eigenvalue weighted by molar-refractivity contribution is 7.89. The molecule has 1 amide bonds. The second-order valence-electron chi connectivity index (χ2n) is 8.51. The predicted molar refractivity (Wildman–Crippen MR) is 124 cm³/mol. The van der Waals surface area contributed by atoms with Crippen LogP contribution in [-0.2, 0) is 34.8 Å². The van der Waals surface area contributed by atoms with Crippen LogP contribution in [-0.4, -0.2) is 47.7 Å². The van der Waals surface area contributed by atoms with E-state index in [2.05, 4.69) is 12.1 Å². The number of carbonyl (C=O) groups excluding carboxylic acids is 1. The van der Waals surface area contributed by atoms with Crippen molar-refractivity contribution in [3.8, 4) is 0 Å². The van der Waals surface area contributed by atoms with Crippen LogP contribution in [0.3, 0.4) is 0 Å². The van der Waals surface area contributed by atoms with Crippen LogP contribution in [0.4, 0.5) is 0 Å². The van der Waals surface area contributed by atoms with Crippen LogP contribution in [0, 0.1) is 5.92 Å². The van der Waals surface area contributed by atoms with Gasteiger partial charge in [0.25, 0.3) is 0 Å². The maximum atomic E-state index is 13.2. The average Bonchev–Trinajstić information content (AvgIpc) is 3.11. The van der Waals surface area contributed by atoms with Crippen LogP contribution >= 0.6 is 11.3 Å². The largest absolute Gasteiger partial charge is 0.338 e. The zero-order valence-corrected chi connectivity index (χ0v) is 19.5. The van der Waals surface area contributed by atoms with E-state index < -0.39 is 10.0 Å². The molecule has 0 radical (unpaired) electrons. The first-order chi connectivity index (χ1) is 15.3. The molecule has 1 saturated heterocycles. The third-order valence-electron chi connectivity index (χ3n) is 6.65. The summed E-state index contributed by atoms with van der Waals surface area (Å²) in [5, 5.41) is 0. The van der Waals surface area contributed by atoms with Crippen molar-refractivity contribution in [2.45, 2.75) is 30.7 Å². The molecule has 32 heavy (non-hydrogen) atoms. The molecule has 0 atom stereocenters. The summed E-state index contributed by atoms with van der Waals surface area (Å²) in [7, 11) is -1.99. The fraction of sp³-hybridized carbons (Fsp3) is 0.391. The fourth-order valence-electron chi connectivity index (χ4n) is 4.71. The molecule has 3 aromatic rings. The van der Waals surface area contributed by atoms with Gasteiger partial charge in [0.2, 0.25) is 15.9 Å². The number of fused-ring (bicyclic) bond motifs is 2. The van der Waals surface area contributed by atoms with Crippen LogP contribution in [0.2, 0.25) is 0 Å². The molecule has 2 aliphatic heterocycles. The number of sulfonamides is 1. The molecule has 0 bridgehead atoms. The maximum absolute atomic E-state index is 13.2. The first-order valence-electron chi connectivity index (χ1n) is 10.8. The number of aromatic nitrogens is 1. The van der Waals surface area contributed by atoms with Gasteiger partial charge in [-0.25, -0.2) is 8.42 Å². The summed E-state index contributed by atoms with van der Waals surface area (Å²) >= 11 is 1.05. The maximum Gasteiger partial charge on any atom is 0.307 e. The second-order valence-corrected chi connectivity index (χ2v) is 11.4. The Kier molecular flexibility index (Phi) is 5.43. The summed E-state index contributed by atoms with van der Waals surface area (Å²) in [6, 6.07) is 13.1. The number of nitrogens with zero attached hydrogens (tertiary/aromatic N) is 3. The molecule has 0 aliphatic carbocycles. The quantitative estimate of drug-likeness (QED) is 0.588. The number of thiazole rings is 1. The highest BCUT2D eigenvalue weighted by atomic mass is 32.2. The summed E-state index contributed by atoms with van der Waals surface area (Å²) in [6.07, 6.45) is 1.91. The zero-order valence-electron chi connectivity index (χ0n) is 17.9. The number of hydrogen-bond donors (Lipinski definition) is 0. The highest BCUT2D eigenvalue weighted by Gasteiger charge is 2.34. The first kappa shape index (κ1) is 21.4. The summed E-state index contributed by atoms with van der Waals surface area (Å²) in [5.74, 6) is -0.0133. The van der Waals surface area contributed by atoms with Gasteiger partial charge in [0.05, 0.1) is 15.1 Å². The third kappa shape index (κ3) is 3.68. The van der Waals surface area contributed by atoms with E-state index in [0.717, 1.165) is 23.3 Å². The minimum Gasteiger partial charge on any atom is -0.338 e. The van der Waals surface area contributed by atoms with E-state index in [1.165, 1.54) is 20.0 Å². The van der Waals surface area contributed by atoms with Crippen LogP contribution in [0.1, 0.15) is 24.0 Å². The SMILES string of the molecule is Cn1c(=O)sc2cc(S(=O)(=O)N3CCC(C(=O)N4CCc5ccccc5C4)CC3)ccc21. The van der Waals surface area contributed by atoms with E-state index in [1.54, 1.807) is 25.2 Å². The lowest BCUT2D eigenvalue weighted by Crippen LogP contribution is -2.45. The molecular formula is C23H25N3O4S2. The smallest absolute Gasteiger partial charge is 0.307 e. The lowest BCUT2D eigenvalue weighted by molar-refractivity contribution is -0.137. The average molecular weight is 472 g/mol. The van der Waals surface area contributed by atoms with Crippen molar-refractivity contribution in [3.63, 3.8) is 0 Å². The van der Waals surface area contributed by atoms with Gasteiger partial charge >= 0.3 is 4.87 Å². The minimum absolute atomic E-state index is 0.116. The van der Waals surface area contributed by atoms with Gasteiger partial charge < -0.3 is 9.47 Å². The molecule has 9 heteroatoms. The van der Waals surface area contributed by atoms with E-state index in [0.29, 0.717) is 43.7 Å². The molecule has 0 unspecified atom stereocenters. The molecule has 0 saturated carbocycles. The van der Waals surface area contributed by atoms with E-state index in [1.807, 2.05) is 17.0 Å². The lowest BCUT2D eigenvalue weighted by atomic mass is 9.94. The molecule has 3 heterocycles. The Morgan fingerprint density at radius 2 is 1.75 bits per heavy atom. The van der Waals surface area contributed by atoms with Gasteiger partial charge in [-0.2, -0.15) is 4.31 Å². The molecule has 2 aromatic carbocycles. The molecule has 1 aromatic heterocycles. The number of piperidine rings is 1. The summed E-state index contributed by atoms with van der Waals surface area (Å²) < 4.78 is 30.0. The Bertz CT molecular complexity index is 1350. The number of amides is 1. The van der Waals surface area contributed by atoms with Gasteiger partial charge in [-0.3, -0.25) is 9.59 Å². The van der Waals surface area contributed by atoms with Crippen molar-refractivity contribution < 1.29 is 13.2 Å². The third-order valence-corrected chi connectivity index (χ3v) is 9.54. The Morgan fingerprint density at radius 1 is 1.03 bits per heavy atom. The second kappa shape index (κ2) is 8.13. The van der Waals surface area contributed by atoms with Crippen molar-refractivity contribution in [2.24, 2.45) is 13.0 Å². The lowest BCUT2D eigenvalue weighted by Gasteiger charge is -2.35. The van der Waals surface area contributed by atoms with Crippen LogP contribution in [0.15, 0.2) is 52.2 Å². The zero-order chi connectivity index (χ0) is 22.5. The van der Waals surface area contributed by atoms with Crippen molar-refractivity contribution in [1.82, 2.24) is 13.8 Å². The Hall–Kier alpha value is -2.49. The number of rotatable bonds is 3. The van der Waals surface area contributed by atoms with Crippen LogP contribution in [0.5, 0.6) is 0 Å². The molecule has 7 nitrogen and oxygen atoms in total. The van der Waals surface area contributed by atoms with E-state index in [9.17, 15) is 18.0 Å². The monoisotopic (exact) mass is 471 g/mol. The van der Waals surface area contributed by atoms with Gasteiger partial charge in [-0.05, 0) is 48.6 Å². The Labute approximate surface area is 190 Å². The van der Waals surface area contributed by atoms with Crippen LogP contribution in [0.25, 0.3) is 10.2 Å². The van der Waals surface area contributed by atoms with E-state index in [-0.39, 0.29) is 21.6 Å². The number of aryl methyl sites for hydroxylation is 1. The van der Waals surface area contributed by atoms with Crippen molar-refractivity contribution in [1.29, 1.82) is 0 Å². The van der Waals surface area contributed by atoms with Gasteiger partial charge in [-0.15, -0.1) is 0 Å². The predicted octanol–water partition coefficient (Wildman–Crippen LogP) is 2.59. The topological polar surface area (TPSA) is 79.7 Å². The van der Waals surface area contributed by atoms with Gasteiger partial charge in [0, 0.05) is 39.1 Å². The molecule has 5 rings (SSSR count). The minimum atomic E-state index is -3.67. The summed E-state index contributed by atoms with van der Waals surface area (Å²) in [4.78, 5) is 27.0.